The molecule has 0 saturated heterocycles. The number of hydrogen-bond acceptors (Lipinski definition) is 4. The van der Waals surface area contributed by atoms with Gasteiger partial charge >= 0.3 is 11.6 Å². The first-order chi connectivity index (χ1) is 15.6. The van der Waals surface area contributed by atoms with Crippen LogP contribution in [0.1, 0.15) is 102 Å². The first-order valence-corrected chi connectivity index (χ1v) is 12.5. The summed E-state index contributed by atoms with van der Waals surface area (Å²) in [5, 5.41) is 0.849. The number of carbonyl (C=O) groups excluding carboxylic acids is 1. The molecule has 0 amide bonds. The van der Waals surface area contributed by atoms with Crippen LogP contribution in [0.25, 0.3) is 11.0 Å². The normalized spacial score (nSPS) is 11.4. The Labute approximate surface area is 193 Å². The fourth-order valence-corrected chi connectivity index (χ4v) is 3.89. The summed E-state index contributed by atoms with van der Waals surface area (Å²) in [6.07, 6.45) is 21.1. The van der Waals surface area contributed by atoms with Gasteiger partial charge in [-0.05, 0) is 56.7 Å². The highest BCUT2D eigenvalue weighted by Gasteiger charge is 2.08. The van der Waals surface area contributed by atoms with Crippen LogP contribution in [0.4, 0.5) is 0 Å². The van der Waals surface area contributed by atoms with E-state index in [4.69, 9.17) is 9.15 Å². The molecule has 0 unspecified atom stereocenters. The van der Waals surface area contributed by atoms with Gasteiger partial charge in [0, 0.05) is 23.9 Å². The van der Waals surface area contributed by atoms with Crippen LogP contribution in [0.5, 0.6) is 5.75 Å². The van der Waals surface area contributed by atoms with Crippen LogP contribution >= 0.6 is 0 Å². The van der Waals surface area contributed by atoms with Crippen molar-refractivity contribution in [1.82, 2.24) is 0 Å². The van der Waals surface area contributed by atoms with E-state index in [0.29, 0.717) is 17.8 Å². The van der Waals surface area contributed by atoms with Crippen LogP contribution in [0.3, 0.4) is 0 Å². The lowest BCUT2D eigenvalue weighted by molar-refractivity contribution is -0.134. The van der Waals surface area contributed by atoms with Crippen LogP contribution in [0.15, 0.2) is 45.6 Å². The first-order valence-electron chi connectivity index (χ1n) is 12.5. The van der Waals surface area contributed by atoms with Crippen LogP contribution in [0, 0.1) is 6.92 Å². The minimum Gasteiger partial charge on any atom is -0.426 e. The smallest absolute Gasteiger partial charge is 0.336 e. The lowest BCUT2D eigenvalue weighted by atomic mass is 10.1. The maximum absolute atomic E-state index is 12.1. The van der Waals surface area contributed by atoms with E-state index in [-0.39, 0.29) is 5.97 Å². The average Bonchev–Trinajstić information content (AvgIpc) is 2.76. The van der Waals surface area contributed by atoms with Crippen LogP contribution in [-0.2, 0) is 4.79 Å². The Morgan fingerprint density at radius 2 is 1.50 bits per heavy atom. The zero-order chi connectivity index (χ0) is 23.0. The van der Waals surface area contributed by atoms with Crippen LogP contribution in [0.2, 0.25) is 0 Å². The third-order valence-electron chi connectivity index (χ3n) is 5.80. The summed E-state index contributed by atoms with van der Waals surface area (Å²) >= 11 is 0. The number of aryl methyl sites for hydroxylation is 1. The van der Waals surface area contributed by atoms with Crippen molar-refractivity contribution in [2.24, 2.45) is 0 Å². The lowest BCUT2D eigenvalue weighted by Crippen LogP contribution is -2.07. The van der Waals surface area contributed by atoms with Crippen molar-refractivity contribution in [2.45, 2.75) is 104 Å². The first kappa shape index (κ1) is 25.9. The van der Waals surface area contributed by atoms with Gasteiger partial charge < -0.3 is 9.15 Å². The standard InChI is InChI=1S/C28H40O4/c1-3-4-5-6-7-8-9-10-11-12-13-14-15-16-17-18-27(29)31-24-19-20-25-23(2)21-28(30)32-26(25)22-24/h10-11,19-22H,3-9,12-18H2,1-2H3. The predicted molar refractivity (Wildman–Crippen MR) is 132 cm³/mol. The molecule has 0 radical (unpaired) electrons. The molecule has 1 heterocycles. The molecule has 0 spiro atoms. The van der Waals surface area contributed by atoms with Gasteiger partial charge in [0.15, 0.2) is 0 Å². The summed E-state index contributed by atoms with van der Waals surface area (Å²) in [5.74, 6) is 0.181. The predicted octanol–water partition coefficient (Wildman–Crippen LogP) is 8.04. The SMILES string of the molecule is CCCCCCCCC=CCCCCCCCC(=O)Oc1ccc2c(C)cc(=O)oc2c1. The summed E-state index contributed by atoms with van der Waals surface area (Å²) in [6.45, 7) is 4.12. The number of ether oxygens (including phenoxy) is 1. The zero-order valence-electron chi connectivity index (χ0n) is 20.0. The lowest BCUT2D eigenvalue weighted by Gasteiger charge is -2.06. The molecule has 0 saturated carbocycles. The van der Waals surface area contributed by atoms with E-state index in [2.05, 4.69) is 19.1 Å². The van der Waals surface area contributed by atoms with Gasteiger partial charge in [-0.25, -0.2) is 4.79 Å². The van der Waals surface area contributed by atoms with Crippen molar-refractivity contribution in [3.05, 3.63) is 52.4 Å². The second kappa shape index (κ2) is 15.4. The molecule has 0 aliphatic carbocycles. The minimum atomic E-state index is -0.397. The summed E-state index contributed by atoms with van der Waals surface area (Å²) in [5.41, 5.74) is 0.899. The number of unbranched alkanes of at least 4 members (excludes halogenated alkanes) is 11. The molecule has 0 aliphatic rings. The van der Waals surface area contributed by atoms with E-state index in [1.807, 2.05) is 13.0 Å². The van der Waals surface area contributed by atoms with Gasteiger partial charge in [-0.3, -0.25) is 4.79 Å². The Kier molecular flexibility index (Phi) is 12.5. The van der Waals surface area contributed by atoms with Crippen LogP contribution < -0.4 is 10.4 Å². The van der Waals surface area contributed by atoms with E-state index in [9.17, 15) is 9.59 Å². The Morgan fingerprint density at radius 3 is 2.19 bits per heavy atom. The number of fused-ring (bicyclic) bond motifs is 1. The van der Waals surface area contributed by atoms with Crippen molar-refractivity contribution in [3.63, 3.8) is 0 Å². The summed E-state index contributed by atoms with van der Waals surface area (Å²) in [7, 11) is 0. The maximum atomic E-state index is 12.1. The summed E-state index contributed by atoms with van der Waals surface area (Å²) in [6, 6.07) is 6.63. The monoisotopic (exact) mass is 440 g/mol. The Balaban J connectivity index is 1.50. The molecule has 0 aliphatic heterocycles. The molecular formula is C28H40O4. The van der Waals surface area contributed by atoms with Crippen molar-refractivity contribution in [3.8, 4) is 5.75 Å². The summed E-state index contributed by atoms with van der Waals surface area (Å²) in [4.78, 5) is 23.6. The quantitative estimate of drug-likeness (QED) is 0.0871. The molecule has 0 fully saturated rings. The van der Waals surface area contributed by atoms with Gasteiger partial charge in [0.2, 0.25) is 0 Å². The van der Waals surface area contributed by atoms with Gasteiger partial charge in [-0.15, -0.1) is 0 Å². The summed E-state index contributed by atoms with van der Waals surface area (Å²) < 4.78 is 10.6. The molecule has 1 aromatic carbocycles. The minimum absolute atomic E-state index is 0.239. The van der Waals surface area contributed by atoms with Gasteiger partial charge in [0.1, 0.15) is 11.3 Å². The Bertz CT molecular complexity index is 894. The molecule has 4 heteroatoms. The van der Waals surface area contributed by atoms with E-state index in [1.165, 1.54) is 63.9 Å². The van der Waals surface area contributed by atoms with E-state index >= 15 is 0 Å². The third kappa shape index (κ3) is 10.3. The van der Waals surface area contributed by atoms with Gasteiger partial charge in [-0.1, -0.05) is 70.4 Å². The van der Waals surface area contributed by atoms with E-state index in [0.717, 1.165) is 36.6 Å². The van der Waals surface area contributed by atoms with Gasteiger partial charge in [0.25, 0.3) is 0 Å². The van der Waals surface area contributed by atoms with Crippen molar-refractivity contribution in [1.29, 1.82) is 0 Å². The van der Waals surface area contributed by atoms with E-state index < -0.39 is 5.63 Å². The Morgan fingerprint density at radius 1 is 0.875 bits per heavy atom. The molecule has 2 rings (SSSR count). The highest BCUT2D eigenvalue weighted by atomic mass is 16.5. The second-order valence-corrected chi connectivity index (χ2v) is 8.71. The maximum Gasteiger partial charge on any atom is 0.336 e. The van der Waals surface area contributed by atoms with Crippen molar-refractivity contribution >= 4 is 16.9 Å². The fraction of sp³-hybridized carbons (Fsp3) is 0.571. The number of esters is 1. The molecule has 176 valence electrons. The number of benzene rings is 1. The Hall–Kier alpha value is -2.36. The number of carbonyl (C=O) groups is 1. The zero-order valence-corrected chi connectivity index (χ0v) is 20.0. The highest BCUT2D eigenvalue weighted by Crippen LogP contribution is 2.22. The molecule has 32 heavy (non-hydrogen) atoms. The largest absolute Gasteiger partial charge is 0.426 e. The number of allylic oxidation sites excluding steroid dienone is 2. The molecule has 4 nitrogen and oxygen atoms in total. The van der Waals surface area contributed by atoms with Crippen molar-refractivity contribution < 1.29 is 13.9 Å². The molecule has 1 aromatic heterocycles. The van der Waals surface area contributed by atoms with Gasteiger partial charge in [0.05, 0.1) is 0 Å². The fourth-order valence-electron chi connectivity index (χ4n) is 3.89. The van der Waals surface area contributed by atoms with E-state index in [1.54, 1.807) is 12.1 Å². The average molecular weight is 441 g/mol. The molecule has 0 bridgehead atoms. The molecule has 2 aromatic rings. The number of hydrogen-bond donors (Lipinski definition) is 0. The third-order valence-corrected chi connectivity index (χ3v) is 5.80. The molecular weight excluding hydrogens is 400 g/mol. The van der Waals surface area contributed by atoms with Crippen molar-refractivity contribution in [2.75, 3.05) is 0 Å². The second-order valence-electron chi connectivity index (χ2n) is 8.71. The highest BCUT2D eigenvalue weighted by molar-refractivity contribution is 5.82. The van der Waals surface area contributed by atoms with Crippen LogP contribution in [-0.4, -0.2) is 5.97 Å². The molecule has 0 N–H and O–H groups in total. The van der Waals surface area contributed by atoms with Gasteiger partial charge in [-0.2, -0.15) is 0 Å². The number of rotatable bonds is 16. The topological polar surface area (TPSA) is 56.5 Å². The molecule has 0 atom stereocenters.